The number of hydrogen-bond acceptors (Lipinski definition) is 10. The molecular weight excluding hydrogens is 614 g/mol. The Morgan fingerprint density at radius 2 is 1.62 bits per heavy atom. The van der Waals surface area contributed by atoms with Gasteiger partial charge in [0.05, 0.1) is 35.3 Å². The Morgan fingerprint density at radius 3 is 2.19 bits per heavy atom. The van der Waals surface area contributed by atoms with Gasteiger partial charge in [0.25, 0.3) is 0 Å². The van der Waals surface area contributed by atoms with Gasteiger partial charge in [-0.2, -0.15) is 0 Å². The van der Waals surface area contributed by atoms with Crippen molar-refractivity contribution in [1.82, 2.24) is 4.90 Å². The lowest BCUT2D eigenvalue weighted by Gasteiger charge is -2.47. The zero-order chi connectivity index (χ0) is 36.0. The average Bonchev–Trinajstić information content (AvgIpc) is 3.05. The fraction of sp³-hybridized carbons (Fsp3) is 0.711. The first kappa shape index (κ1) is 39.8. The number of hydrogen-bond donors (Lipinski definition) is 0. The summed E-state index contributed by atoms with van der Waals surface area (Å²) in [5.41, 5.74) is -1.04. The molecular formula is C38H59NO9. The van der Waals surface area contributed by atoms with Crippen LogP contribution in [0, 0.1) is 17.8 Å². The summed E-state index contributed by atoms with van der Waals surface area (Å²) >= 11 is 0. The van der Waals surface area contributed by atoms with Gasteiger partial charge in [-0.15, -0.1) is 0 Å². The molecule has 2 aliphatic rings. The molecule has 1 aromatic rings. The van der Waals surface area contributed by atoms with Gasteiger partial charge in [0.1, 0.15) is 11.7 Å². The van der Waals surface area contributed by atoms with Crippen molar-refractivity contribution in [3.05, 3.63) is 47.5 Å². The molecule has 0 unspecified atom stereocenters. The number of methoxy groups -OCH3 is 2. The van der Waals surface area contributed by atoms with E-state index in [4.69, 9.17) is 28.4 Å². The third-order valence-electron chi connectivity index (χ3n) is 10.3. The van der Waals surface area contributed by atoms with E-state index in [0.717, 1.165) is 0 Å². The minimum atomic E-state index is -0.995. The minimum absolute atomic E-state index is 0.0653. The van der Waals surface area contributed by atoms with Gasteiger partial charge in [-0.05, 0) is 97.2 Å². The Morgan fingerprint density at radius 1 is 0.979 bits per heavy atom. The summed E-state index contributed by atoms with van der Waals surface area (Å²) in [7, 11) is 7.06. The molecule has 10 heteroatoms. The van der Waals surface area contributed by atoms with E-state index in [0.29, 0.717) is 36.8 Å². The van der Waals surface area contributed by atoms with Crippen molar-refractivity contribution >= 4 is 17.7 Å². The highest BCUT2D eigenvalue weighted by molar-refractivity contribution is 5.96. The average molecular weight is 674 g/mol. The Hall–Kier alpha value is -2.63. The first-order chi connectivity index (χ1) is 22.5. The van der Waals surface area contributed by atoms with Crippen LogP contribution in [0.25, 0.3) is 0 Å². The Labute approximate surface area is 287 Å². The highest BCUT2D eigenvalue weighted by Crippen LogP contribution is 2.39. The molecule has 0 spiro atoms. The van der Waals surface area contributed by atoms with Crippen LogP contribution in [0.4, 0.5) is 0 Å². The number of carbonyl (C=O) groups is 3. The molecule has 1 fully saturated rings. The monoisotopic (exact) mass is 673 g/mol. The van der Waals surface area contributed by atoms with Gasteiger partial charge in [0, 0.05) is 20.1 Å². The Kier molecular flexibility index (Phi) is 14.0. The van der Waals surface area contributed by atoms with E-state index in [-0.39, 0.29) is 29.8 Å². The number of esters is 2. The zero-order valence-electron chi connectivity index (χ0n) is 31.1. The number of benzene rings is 1. The molecule has 0 bridgehead atoms. The maximum absolute atomic E-state index is 13.9. The number of allylic oxidation sites excluding steroid dienone is 1. The van der Waals surface area contributed by atoms with Crippen LogP contribution >= 0.6 is 0 Å². The number of Topliss-reactive ketones (excluding diaryl/α,β-unsaturated/α-hetero) is 1. The smallest absolute Gasteiger partial charge is 0.338 e. The van der Waals surface area contributed by atoms with Crippen molar-refractivity contribution in [1.29, 1.82) is 0 Å². The van der Waals surface area contributed by atoms with Crippen LogP contribution in [0.1, 0.15) is 91.4 Å². The Balaban J connectivity index is 2.08. The summed E-state index contributed by atoms with van der Waals surface area (Å²) in [6, 6.07) is 8.65. The summed E-state index contributed by atoms with van der Waals surface area (Å²) in [6.45, 7) is 15.2. The summed E-state index contributed by atoms with van der Waals surface area (Å²) < 4.78 is 37.7. The van der Waals surface area contributed by atoms with Gasteiger partial charge >= 0.3 is 11.9 Å². The third-order valence-corrected chi connectivity index (χ3v) is 10.3. The fourth-order valence-corrected chi connectivity index (χ4v) is 7.38. The van der Waals surface area contributed by atoms with Crippen molar-refractivity contribution in [2.24, 2.45) is 17.8 Å². The molecule has 3 rings (SSSR count). The van der Waals surface area contributed by atoms with Gasteiger partial charge < -0.3 is 33.3 Å². The van der Waals surface area contributed by atoms with Crippen LogP contribution in [-0.4, -0.2) is 98.9 Å². The Bertz CT molecular complexity index is 1270. The fourth-order valence-electron chi connectivity index (χ4n) is 7.38. The standard InChI is InChI=1S/C38H59NO9/c1-13-30-37(7,43-11)21-25(4)31(40)26(5)22-38(8,44-12)33(23(2)19-24(3)34(41)46-30)48-36-32(29(39(9)10)20-27(6)45-36)47-35(42)28-17-15-14-16-18-28/h14-18,21,23-24,26-27,29-30,32-33,36H,13,19-20,22H2,1-12H3/b25-21+/t23-,24+,26+,27+,29-,30+,32+,33+,36-,37-,38-/m0/s1. The predicted octanol–water partition coefficient (Wildman–Crippen LogP) is 6.01. The number of rotatable bonds is 8. The second-order valence-electron chi connectivity index (χ2n) is 14.5. The lowest BCUT2D eigenvalue weighted by Crippen LogP contribution is -2.59. The van der Waals surface area contributed by atoms with E-state index in [1.807, 2.05) is 73.5 Å². The van der Waals surface area contributed by atoms with Crippen molar-refractivity contribution in [3.8, 4) is 0 Å². The number of ketones is 1. The van der Waals surface area contributed by atoms with Crippen LogP contribution < -0.4 is 0 Å². The molecule has 0 saturated carbocycles. The maximum atomic E-state index is 13.9. The molecule has 0 N–H and O–H groups in total. The van der Waals surface area contributed by atoms with E-state index >= 15 is 0 Å². The van der Waals surface area contributed by atoms with E-state index in [1.165, 1.54) is 0 Å². The topological polar surface area (TPSA) is 110 Å². The SMILES string of the molecule is CC[C@H]1OC(=O)[C@H](C)C[C@H](C)[C@@H](O[C@@H]2O[C@H](C)C[C@H](N(C)C)[C@H]2OC(=O)c2ccccc2)[C@@](C)(OC)C[C@@H](C)C(=O)/C(C)=C/[C@]1(C)OC. The van der Waals surface area contributed by atoms with E-state index in [9.17, 15) is 14.4 Å². The minimum Gasteiger partial charge on any atom is -0.459 e. The predicted molar refractivity (Wildman–Crippen MR) is 183 cm³/mol. The summed E-state index contributed by atoms with van der Waals surface area (Å²) in [6.07, 6.45) is 0.476. The van der Waals surface area contributed by atoms with Crippen LogP contribution in [0.2, 0.25) is 0 Å². The number of ether oxygens (including phenoxy) is 6. The van der Waals surface area contributed by atoms with Crippen molar-refractivity contribution in [3.63, 3.8) is 0 Å². The van der Waals surface area contributed by atoms with Crippen molar-refractivity contribution in [2.45, 2.75) is 129 Å². The van der Waals surface area contributed by atoms with Crippen molar-refractivity contribution < 1.29 is 42.8 Å². The number of carbonyl (C=O) groups excluding carboxylic acids is 3. The van der Waals surface area contributed by atoms with E-state index in [2.05, 4.69) is 0 Å². The third kappa shape index (κ3) is 9.33. The second kappa shape index (κ2) is 16.9. The zero-order valence-corrected chi connectivity index (χ0v) is 31.1. The number of cyclic esters (lactones) is 1. The largest absolute Gasteiger partial charge is 0.459 e. The van der Waals surface area contributed by atoms with Crippen molar-refractivity contribution in [2.75, 3.05) is 28.3 Å². The molecule has 270 valence electrons. The van der Waals surface area contributed by atoms with Crippen LogP contribution in [0.15, 0.2) is 42.0 Å². The van der Waals surface area contributed by atoms with E-state index < -0.39 is 53.6 Å². The second-order valence-corrected chi connectivity index (χ2v) is 14.5. The van der Waals surface area contributed by atoms with Gasteiger partial charge in [-0.1, -0.05) is 45.9 Å². The molecule has 11 atom stereocenters. The van der Waals surface area contributed by atoms with E-state index in [1.54, 1.807) is 51.5 Å². The lowest BCUT2D eigenvalue weighted by molar-refractivity contribution is -0.296. The first-order valence-electron chi connectivity index (χ1n) is 17.3. The summed E-state index contributed by atoms with van der Waals surface area (Å²) in [5, 5.41) is 0. The maximum Gasteiger partial charge on any atom is 0.338 e. The molecule has 0 aromatic heterocycles. The highest BCUT2D eigenvalue weighted by Gasteiger charge is 2.49. The lowest BCUT2D eigenvalue weighted by atomic mass is 9.77. The number of nitrogens with zero attached hydrogens (tertiary/aromatic N) is 1. The summed E-state index contributed by atoms with van der Waals surface area (Å²) in [4.78, 5) is 42.9. The van der Waals surface area contributed by atoms with Gasteiger partial charge in [-0.3, -0.25) is 9.59 Å². The van der Waals surface area contributed by atoms with Gasteiger partial charge in [0.2, 0.25) is 0 Å². The molecule has 2 aliphatic heterocycles. The quantitative estimate of drug-likeness (QED) is 0.304. The number of likely N-dealkylation sites (N-methyl/N-ethyl adjacent to an activating group) is 1. The highest BCUT2D eigenvalue weighted by atomic mass is 16.7. The molecule has 0 aliphatic carbocycles. The molecule has 0 amide bonds. The van der Waals surface area contributed by atoms with Crippen LogP contribution in [0.3, 0.4) is 0 Å². The van der Waals surface area contributed by atoms with Crippen LogP contribution in [0.5, 0.6) is 0 Å². The first-order valence-corrected chi connectivity index (χ1v) is 17.3. The molecule has 2 heterocycles. The molecule has 0 radical (unpaired) electrons. The molecule has 1 saturated heterocycles. The molecule has 1 aromatic carbocycles. The van der Waals surface area contributed by atoms with Gasteiger partial charge in [-0.25, -0.2) is 4.79 Å². The summed E-state index contributed by atoms with van der Waals surface area (Å²) in [5.74, 6) is -2.09. The van der Waals surface area contributed by atoms with Gasteiger partial charge in [0.15, 0.2) is 18.2 Å². The normalized spacial score (nSPS) is 38.4. The van der Waals surface area contributed by atoms with Crippen LogP contribution in [-0.2, 0) is 38.0 Å². The molecule has 10 nitrogen and oxygen atoms in total. The molecule has 48 heavy (non-hydrogen) atoms.